The van der Waals surface area contributed by atoms with Crippen molar-refractivity contribution in [1.29, 1.82) is 0 Å². The standard InChI is InChI=1S/C14H11NO2.3CO.Cr/c16-15(17)14-10-8-13(9-11-14)7-6-12-4-2-1-3-5-12;3*1-2;/h1-11H;;;;. The Morgan fingerprint density at radius 3 is 1.50 bits per heavy atom. The third kappa shape index (κ3) is 11.0. The van der Waals surface area contributed by atoms with E-state index in [-0.39, 0.29) is 23.0 Å². The van der Waals surface area contributed by atoms with E-state index in [1.165, 1.54) is 12.1 Å². The topological polar surface area (TPSA) is 103 Å². The second-order valence-corrected chi connectivity index (χ2v) is 3.59. The summed E-state index contributed by atoms with van der Waals surface area (Å²) < 4.78 is 22.5. The molecule has 0 aliphatic rings. The quantitative estimate of drug-likeness (QED) is 0.274. The van der Waals surface area contributed by atoms with Gasteiger partial charge in [0.15, 0.2) is 0 Å². The van der Waals surface area contributed by atoms with Gasteiger partial charge in [0.05, 0.1) is 4.92 Å². The Kier molecular flexibility index (Phi) is 20.1. The first kappa shape index (κ1) is 26.2. The Morgan fingerprint density at radius 2 is 1.12 bits per heavy atom. The van der Waals surface area contributed by atoms with Crippen LogP contribution in [-0.4, -0.2) is 4.92 Å². The minimum atomic E-state index is -0.398. The normalized spacial score (nSPS) is 7.75. The van der Waals surface area contributed by atoms with Crippen LogP contribution in [0.2, 0.25) is 0 Å². The van der Waals surface area contributed by atoms with E-state index in [1.807, 2.05) is 42.5 Å². The fraction of sp³-hybridized carbons (Fsp3) is 0. The Labute approximate surface area is 150 Å². The molecule has 2 rings (SSSR count). The van der Waals surface area contributed by atoms with Crippen LogP contribution in [0.25, 0.3) is 12.2 Å². The molecular weight excluding hydrogens is 350 g/mol. The molecule has 7 heteroatoms. The van der Waals surface area contributed by atoms with Gasteiger partial charge in [0.2, 0.25) is 0 Å². The van der Waals surface area contributed by atoms with Crippen molar-refractivity contribution in [2.45, 2.75) is 0 Å². The van der Waals surface area contributed by atoms with Gasteiger partial charge in [0.1, 0.15) is 0 Å². The summed E-state index contributed by atoms with van der Waals surface area (Å²) in [6, 6.07) is 16.4. The molecule has 120 valence electrons. The summed E-state index contributed by atoms with van der Waals surface area (Å²) in [5.74, 6) is 0. The van der Waals surface area contributed by atoms with Crippen LogP contribution in [0.15, 0.2) is 54.6 Å². The van der Waals surface area contributed by atoms with E-state index in [1.54, 1.807) is 12.1 Å². The fourth-order valence-electron chi connectivity index (χ4n) is 1.46. The average molecular weight is 361 g/mol. The van der Waals surface area contributed by atoms with Crippen LogP contribution in [0, 0.1) is 30.1 Å². The molecule has 0 aliphatic heterocycles. The molecule has 0 radical (unpaired) electrons. The number of non-ortho nitro benzene ring substituents is 1. The maximum absolute atomic E-state index is 10.5. The van der Waals surface area contributed by atoms with E-state index in [4.69, 9.17) is 14.0 Å². The Morgan fingerprint density at radius 1 is 0.750 bits per heavy atom. The molecule has 24 heavy (non-hydrogen) atoms. The molecule has 0 amide bonds. The van der Waals surface area contributed by atoms with Gasteiger partial charge in [-0.05, 0) is 23.3 Å². The van der Waals surface area contributed by atoms with Crippen LogP contribution in [0.4, 0.5) is 5.69 Å². The molecule has 0 aliphatic carbocycles. The molecule has 6 nitrogen and oxygen atoms in total. The number of nitrogens with zero attached hydrogens (tertiary/aromatic N) is 1. The largest absolute Gasteiger partial charge is 0 e. The first-order valence-electron chi connectivity index (χ1n) is 5.84. The van der Waals surface area contributed by atoms with Crippen molar-refractivity contribution in [2.75, 3.05) is 0 Å². The Bertz CT molecular complexity index is 647. The molecule has 2 aromatic rings. The van der Waals surface area contributed by atoms with Gasteiger partial charge in [-0.3, -0.25) is 10.1 Å². The molecule has 2 aromatic carbocycles. The van der Waals surface area contributed by atoms with Gasteiger partial charge in [-0.25, -0.2) is 0 Å². The SMILES string of the molecule is O=[N+]([O-])c1ccc(C=Cc2ccccc2)cc1.[C-]#[O+].[C-]#[O+].[C-]#[O+].[Cr]. The average Bonchev–Trinajstić information content (AvgIpc) is 2.66. The first-order valence-corrected chi connectivity index (χ1v) is 5.84. The van der Waals surface area contributed by atoms with Gasteiger partial charge >= 0.3 is 33.9 Å². The third-order valence-corrected chi connectivity index (χ3v) is 2.37. The van der Waals surface area contributed by atoms with Crippen molar-refractivity contribution in [1.82, 2.24) is 0 Å². The molecule has 0 heterocycles. The molecule has 0 unspecified atom stereocenters. The summed E-state index contributed by atoms with van der Waals surface area (Å²) in [7, 11) is 0. The van der Waals surface area contributed by atoms with Crippen LogP contribution >= 0.6 is 0 Å². The summed E-state index contributed by atoms with van der Waals surface area (Å²) in [6.45, 7) is 13.5. The van der Waals surface area contributed by atoms with Crippen LogP contribution in [0.3, 0.4) is 0 Å². The molecular formula is C17H11CrNO5. The predicted octanol–water partition coefficient (Wildman–Crippen LogP) is 3.65. The molecule has 0 N–H and O–H groups in total. The minimum absolute atomic E-state index is 0. The summed E-state index contributed by atoms with van der Waals surface area (Å²) in [6.07, 6.45) is 3.90. The number of nitro benzene ring substituents is 1. The fourth-order valence-corrected chi connectivity index (χ4v) is 1.46. The Hall–Kier alpha value is -2.67. The van der Waals surface area contributed by atoms with Crippen molar-refractivity contribution in [3.8, 4) is 0 Å². The van der Waals surface area contributed by atoms with Gasteiger partial charge < -0.3 is 0 Å². The van der Waals surface area contributed by atoms with E-state index < -0.39 is 4.92 Å². The van der Waals surface area contributed by atoms with Gasteiger partial charge in [-0.15, -0.1) is 0 Å². The van der Waals surface area contributed by atoms with Crippen molar-refractivity contribution >= 4 is 17.8 Å². The van der Waals surface area contributed by atoms with E-state index >= 15 is 0 Å². The summed E-state index contributed by atoms with van der Waals surface area (Å²) >= 11 is 0. The number of hydrogen-bond acceptors (Lipinski definition) is 2. The predicted molar refractivity (Wildman–Crippen MR) is 80.3 cm³/mol. The van der Waals surface area contributed by atoms with Crippen molar-refractivity contribution in [2.24, 2.45) is 0 Å². The first-order chi connectivity index (χ1) is 11.3. The number of hydrogen-bond donors (Lipinski definition) is 0. The summed E-state index contributed by atoms with van der Waals surface area (Å²) in [5, 5.41) is 10.5. The van der Waals surface area contributed by atoms with Gasteiger partial charge in [0, 0.05) is 29.5 Å². The zero-order valence-corrected chi connectivity index (χ0v) is 13.5. The van der Waals surface area contributed by atoms with E-state index in [0.29, 0.717) is 0 Å². The number of rotatable bonds is 3. The van der Waals surface area contributed by atoms with Crippen LogP contribution in [0.5, 0.6) is 0 Å². The second-order valence-electron chi connectivity index (χ2n) is 3.59. The molecule has 0 aromatic heterocycles. The summed E-state index contributed by atoms with van der Waals surface area (Å²) in [4.78, 5) is 10.1. The van der Waals surface area contributed by atoms with E-state index in [0.717, 1.165) is 11.1 Å². The second kappa shape index (κ2) is 18.4. The van der Waals surface area contributed by atoms with Gasteiger partial charge in [0.25, 0.3) is 5.69 Å². The molecule has 0 saturated heterocycles. The molecule has 0 bridgehead atoms. The maximum Gasteiger partial charge on any atom is 0 e. The smallest absolute Gasteiger partial charge is 0 e. The molecule has 0 spiro atoms. The molecule has 0 fully saturated rings. The van der Waals surface area contributed by atoms with Crippen molar-refractivity contribution in [3.63, 3.8) is 0 Å². The van der Waals surface area contributed by atoms with Gasteiger partial charge in [-0.2, -0.15) is 0 Å². The number of nitro groups is 1. The minimum Gasteiger partial charge on any atom is 0 e. The molecule has 0 atom stereocenters. The van der Waals surface area contributed by atoms with Crippen molar-refractivity contribution < 1.29 is 36.2 Å². The van der Waals surface area contributed by atoms with Crippen LogP contribution < -0.4 is 0 Å². The zero-order valence-electron chi connectivity index (χ0n) is 12.2. The zero-order chi connectivity index (χ0) is 18.1. The van der Waals surface area contributed by atoms with Crippen LogP contribution in [0.1, 0.15) is 11.1 Å². The van der Waals surface area contributed by atoms with E-state index in [9.17, 15) is 10.1 Å². The van der Waals surface area contributed by atoms with Gasteiger partial charge in [-0.1, -0.05) is 42.5 Å². The third-order valence-electron chi connectivity index (χ3n) is 2.37. The maximum atomic E-state index is 10.5. The number of benzene rings is 2. The van der Waals surface area contributed by atoms with Crippen molar-refractivity contribution in [3.05, 3.63) is 95.8 Å². The molecule has 0 saturated carbocycles. The summed E-state index contributed by atoms with van der Waals surface area (Å²) in [5.41, 5.74) is 2.16. The van der Waals surface area contributed by atoms with E-state index in [2.05, 4.69) is 20.0 Å². The Balaban J connectivity index is -0.000000569. The monoisotopic (exact) mass is 361 g/mol. The van der Waals surface area contributed by atoms with Crippen LogP contribution in [-0.2, 0) is 31.3 Å².